The van der Waals surface area contributed by atoms with Gasteiger partial charge in [0.1, 0.15) is 5.75 Å². The van der Waals surface area contributed by atoms with Gasteiger partial charge in [-0.1, -0.05) is 32.0 Å². The standard InChI is InChI=1S/C18H27F2N3O2/c1-3-15(14-9-5-6-10-16(14)25-17(19)20)22-18(24)21-13-8-7-11-23(4-2)12-13/h5-6,9-10,13,15,17H,3-4,7-8,11-12H2,1-2H3,(H2,21,22,24). The Labute approximate surface area is 147 Å². The number of amides is 2. The lowest BCUT2D eigenvalue weighted by atomic mass is 10.0. The number of ether oxygens (including phenoxy) is 1. The zero-order valence-corrected chi connectivity index (χ0v) is 14.8. The summed E-state index contributed by atoms with van der Waals surface area (Å²) in [4.78, 5) is 14.7. The van der Waals surface area contributed by atoms with Gasteiger partial charge in [-0.2, -0.15) is 8.78 Å². The van der Waals surface area contributed by atoms with Gasteiger partial charge in [0.2, 0.25) is 0 Å². The normalized spacial score (nSPS) is 19.5. The van der Waals surface area contributed by atoms with Crippen LogP contribution >= 0.6 is 0 Å². The molecule has 1 aliphatic heterocycles. The number of para-hydroxylation sites is 1. The van der Waals surface area contributed by atoms with Gasteiger partial charge in [-0.25, -0.2) is 4.79 Å². The molecule has 1 aromatic carbocycles. The molecule has 2 rings (SSSR count). The summed E-state index contributed by atoms with van der Waals surface area (Å²) in [6.45, 7) is 3.97. The first-order chi connectivity index (χ1) is 12.0. The maximum absolute atomic E-state index is 12.6. The van der Waals surface area contributed by atoms with E-state index in [0.717, 1.165) is 32.5 Å². The van der Waals surface area contributed by atoms with E-state index >= 15 is 0 Å². The maximum atomic E-state index is 12.6. The van der Waals surface area contributed by atoms with Crippen LogP contribution in [0.2, 0.25) is 0 Å². The molecular formula is C18H27F2N3O2. The van der Waals surface area contributed by atoms with Gasteiger partial charge in [-0.15, -0.1) is 0 Å². The first-order valence-electron chi connectivity index (χ1n) is 8.86. The molecule has 2 N–H and O–H groups in total. The van der Waals surface area contributed by atoms with E-state index in [2.05, 4.69) is 27.2 Å². The maximum Gasteiger partial charge on any atom is 0.387 e. The summed E-state index contributed by atoms with van der Waals surface area (Å²) in [5.74, 6) is 0.0967. The van der Waals surface area contributed by atoms with Crippen LogP contribution in [0.25, 0.3) is 0 Å². The van der Waals surface area contributed by atoms with Crippen LogP contribution in [0.3, 0.4) is 0 Å². The van der Waals surface area contributed by atoms with Crippen molar-refractivity contribution in [2.45, 2.75) is 51.8 Å². The van der Waals surface area contributed by atoms with E-state index in [1.807, 2.05) is 6.92 Å². The molecule has 0 aromatic heterocycles. The Morgan fingerprint density at radius 1 is 1.36 bits per heavy atom. The Bertz CT molecular complexity index is 557. The minimum atomic E-state index is -2.89. The molecule has 7 heteroatoms. The molecule has 0 aliphatic carbocycles. The smallest absolute Gasteiger partial charge is 0.387 e. The van der Waals surface area contributed by atoms with Crippen molar-refractivity contribution < 1.29 is 18.3 Å². The molecule has 1 aromatic rings. The van der Waals surface area contributed by atoms with Crippen molar-refractivity contribution in [1.29, 1.82) is 0 Å². The molecule has 2 unspecified atom stereocenters. The van der Waals surface area contributed by atoms with Gasteiger partial charge in [0, 0.05) is 18.2 Å². The van der Waals surface area contributed by atoms with Crippen LogP contribution in [0.1, 0.15) is 44.7 Å². The fraction of sp³-hybridized carbons (Fsp3) is 0.611. The van der Waals surface area contributed by atoms with E-state index in [-0.39, 0.29) is 23.9 Å². The molecule has 1 heterocycles. The van der Waals surface area contributed by atoms with Crippen molar-refractivity contribution in [3.8, 4) is 5.75 Å². The van der Waals surface area contributed by atoms with Crippen LogP contribution in [0.4, 0.5) is 13.6 Å². The van der Waals surface area contributed by atoms with Crippen molar-refractivity contribution in [1.82, 2.24) is 15.5 Å². The molecule has 5 nitrogen and oxygen atoms in total. The quantitative estimate of drug-likeness (QED) is 0.787. The fourth-order valence-electron chi connectivity index (χ4n) is 3.22. The highest BCUT2D eigenvalue weighted by molar-refractivity contribution is 5.75. The lowest BCUT2D eigenvalue weighted by Gasteiger charge is -2.32. The Balaban J connectivity index is 1.98. The molecule has 1 fully saturated rings. The third kappa shape index (κ3) is 5.85. The van der Waals surface area contributed by atoms with Crippen LogP contribution in [0.5, 0.6) is 5.75 Å². The largest absolute Gasteiger partial charge is 0.434 e. The Kier molecular flexibility index (Phi) is 7.43. The highest BCUT2D eigenvalue weighted by atomic mass is 19.3. The van der Waals surface area contributed by atoms with Crippen molar-refractivity contribution in [2.75, 3.05) is 19.6 Å². The van der Waals surface area contributed by atoms with Gasteiger partial charge < -0.3 is 20.3 Å². The SMILES string of the molecule is CCC(NC(=O)NC1CCCN(CC)C1)c1ccccc1OC(F)F. The highest BCUT2D eigenvalue weighted by Crippen LogP contribution is 2.28. The second kappa shape index (κ2) is 9.56. The Morgan fingerprint density at radius 2 is 2.12 bits per heavy atom. The van der Waals surface area contributed by atoms with Crippen molar-refractivity contribution >= 4 is 6.03 Å². The summed E-state index contributed by atoms with van der Waals surface area (Å²) >= 11 is 0. The molecule has 0 saturated carbocycles. The molecule has 1 aliphatic rings. The van der Waals surface area contributed by atoms with Crippen LogP contribution in [0.15, 0.2) is 24.3 Å². The number of likely N-dealkylation sites (N-methyl/N-ethyl adjacent to an activating group) is 1. The second-order valence-electron chi connectivity index (χ2n) is 6.23. The van der Waals surface area contributed by atoms with Gasteiger partial charge >= 0.3 is 12.6 Å². The predicted octanol–water partition coefficient (Wildman–Crippen LogP) is 3.52. The van der Waals surface area contributed by atoms with E-state index < -0.39 is 6.61 Å². The van der Waals surface area contributed by atoms with E-state index in [9.17, 15) is 13.6 Å². The van der Waals surface area contributed by atoms with Crippen LogP contribution in [-0.4, -0.2) is 43.2 Å². The van der Waals surface area contributed by atoms with Crippen LogP contribution < -0.4 is 15.4 Å². The summed E-state index contributed by atoms with van der Waals surface area (Å²) < 4.78 is 29.7. The molecular weight excluding hydrogens is 328 g/mol. The summed E-state index contributed by atoms with van der Waals surface area (Å²) in [5, 5.41) is 5.88. The number of likely N-dealkylation sites (tertiary alicyclic amines) is 1. The number of alkyl halides is 2. The molecule has 0 radical (unpaired) electrons. The number of benzene rings is 1. The minimum absolute atomic E-state index is 0.0967. The molecule has 140 valence electrons. The van der Waals surface area contributed by atoms with E-state index in [1.54, 1.807) is 18.2 Å². The zero-order chi connectivity index (χ0) is 18.2. The number of nitrogens with one attached hydrogen (secondary N) is 2. The predicted molar refractivity (Wildman–Crippen MR) is 92.9 cm³/mol. The third-order valence-corrected chi connectivity index (χ3v) is 4.51. The minimum Gasteiger partial charge on any atom is -0.434 e. The van der Waals surface area contributed by atoms with Gasteiger partial charge in [0.25, 0.3) is 0 Å². The van der Waals surface area contributed by atoms with E-state index in [0.29, 0.717) is 12.0 Å². The highest BCUT2D eigenvalue weighted by Gasteiger charge is 2.23. The molecule has 2 atom stereocenters. The number of piperidine rings is 1. The average molecular weight is 355 g/mol. The van der Waals surface area contributed by atoms with E-state index in [1.165, 1.54) is 6.07 Å². The number of nitrogens with zero attached hydrogens (tertiary/aromatic N) is 1. The van der Waals surface area contributed by atoms with E-state index in [4.69, 9.17) is 0 Å². The number of rotatable bonds is 7. The number of hydrogen-bond acceptors (Lipinski definition) is 3. The summed E-state index contributed by atoms with van der Waals surface area (Å²) in [6.07, 6.45) is 2.58. The average Bonchev–Trinajstić information content (AvgIpc) is 2.60. The van der Waals surface area contributed by atoms with Crippen molar-refractivity contribution in [2.24, 2.45) is 0 Å². The number of hydrogen-bond donors (Lipinski definition) is 2. The van der Waals surface area contributed by atoms with Gasteiger partial charge in [-0.3, -0.25) is 0 Å². The molecule has 0 spiro atoms. The first-order valence-corrected chi connectivity index (χ1v) is 8.86. The molecule has 25 heavy (non-hydrogen) atoms. The lowest BCUT2D eigenvalue weighted by Crippen LogP contribution is -2.50. The van der Waals surface area contributed by atoms with Crippen molar-refractivity contribution in [3.05, 3.63) is 29.8 Å². The van der Waals surface area contributed by atoms with Crippen LogP contribution in [-0.2, 0) is 0 Å². The van der Waals surface area contributed by atoms with Gasteiger partial charge in [-0.05, 0) is 38.4 Å². The number of halogens is 2. The Morgan fingerprint density at radius 3 is 2.80 bits per heavy atom. The Hall–Kier alpha value is -1.89. The fourth-order valence-corrected chi connectivity index (χ4v) is 3.22. The van der Waals surface area contributed by atoms with Crippen molar-refractivity contribution in [3.63, 3.8) is 0 Å². The summed E-state index contributed by atoms with van der Waals surface area (Å²) in [5.41, 5.74) is 0.555. The zero-order valence-electron chi connectivity index (χ0n) is 14.8. The summed E-state index contributed by atoms with van der Waals surface area (Å²) in [6, 6.07) is 6.02. The molecule has 2 amide bonds. The topological polar surface area (TPSA) is 53.6 Å². The lowest BCUT2D eigenvalue weighted by molar-refractivity contribution is -0.0506. The molecule has 0 bridgehead atoms. The third-order valence-electron chi connectivity index (χ3n) is 4.51. The number of carbonyl (C=O) groups is 1. The monoisotopic (exact) mass is 355 g/mol. The molecule has 1 saturated heterocycles. The number of urea groups is 1. The summed E-state index contributed by atoms with van der Waals surface area (Å²) in [7, 11) is 0. The second-order valence-corrected chi connectivity index (χ2v) is 6.23. The number of carbonyl (C=O) groups excluding carboxylic acids is 1. The van der Waals surface area contributed by atoms with Gasteiger partial charge in [0.15, 0.2) is 0 Å². The van der Waals surface area contributed by atoms with Gasteiger partial charge in [0.05, 0.1) is 6.04 Å². The first kappa shape index (κ1) is 19.4. The van der Waals surface area contributed by atoms with Crippen LogP contribution in [0, 0.1) is 0 Å².